The van der Waals surface area contributed by atoms with Crippen LogP contribution in [0.2, 0.25) is 0 Å². The molecule has 5 nitrogen and oxygen atoms in total. The Hall–Kier alpha value is -2.69. The lowest BCUT2D eigenvalue weighted by Gasteiger charge is -2.08. The van der Waals surface area contributed by atoms with Gasteiger partial charge >= 0.3 is 0 Å². The maximum atomic E-state index is 11.1. The van der Waals surface area contributed by atoms with E-state index < -0.39 is 0 Å². The number of nitro groups is 1. The lowest BCUT2D eigenvalue weighted by molar-refractivity contribution is -0.385. The van der Waals surface area contributed by atoms with Crippen molar-refractivity contribution >= 4 is 16.7 Å². The average Bonchev–Trinajstić information content (AvgIpc) is 2.86. The van der Waals surface area contributed by atoms with Crippen molar-refractivity contribution in [1.82, 2.24) is 9.55 Å². The summed E-state index contributed by atoms with van der Waals surface area (Å²) in [5.74, 6) is 0.939. The van der Waals surface area contributed by atoms with Gasteiger partial charge in [-0.05, 0) is 12.1 Å². The summed E-state index contributed by atoms with van der Waals surface area (Å²) < 4.78 is 2.05. The second-order valence-corrected chi connectivity index (χ2v) is 4.84. The molecular weight excluding hydrogens is 266 g/mol. The molecule has 0 aliphatic heterocycles. The van der Waals surface area contributed by atoms with E-state index >= 15 is 0 Å². The van der Waals surface area contributed by atoms with Crippen molar-refractivity contribution in [1.29, 1.82) is 0 Å². The molecule has 0 unspecified atom stereocenters. The zero-order valence-corrected chi connectivity index (χ0v) is 11.7. The van der Waals surface area contributed by atoms with Crippen LogP contribution in [-0.2, 0) is 13.0 Å². The number of nitrogens with zero attached hydrogens (tertiary/aromatic N) is 3. The third-order valence-corrected chi connectivity index (χ3v) is 3.57. The molecule has 1 aromatic heterocycles. The molecule has 0 radical (unpaired) electrons. The third kappa shape index (κ3) is 2.38. The highest BCUT2D eigenvalue weighted by Gasteiger charge is 2.16. The van der Waals surface area contributed by atoms with Crippen LogP contribution >= 0.6 is 0 Å². The first-order valence-corrected chi connectivity index (χ1v) is 6.87. The topological polar surface area (TPSA) is 61.0 Å². The van der Waals surface area contributed by atoms with Crippen molar-refractivity contribution in [3.8, 4) is 0 Å². The summed E-state index contributed by atoms with van der Waals surface area (Å²) >= 11 is 0. The van der Waals surface area contributed by atoms with Crippen molar-refractivity contribution < 1.29 is 4.92 Å². The summed E-state index contributed by atoms with van der Waals surface area (Å²) in [7, 11) is 0. The Morgan fingerprint density at radius 2 is 1.86 bits per heavy atom. The molecule has 0 spiro atoms. The van der Waals surface area contributed by atoms with Crippen molar-refractivity contribution in [3.05, 3.63) is 70.0 Å². The largest absolute Gasteiger partial charge is 0.323 e. The number of benzene rings is 2. The van der Waals surface area contributed by atoms with E-state index in [1.807, 2.05) is 37.3 Å². The normalized spacial score (nSPS) is 10.9. The number of imidazole rings is 1. The maximum absolute atomic E-state index is 11.1. The Balaban J connectivity index is 2.12. The molecule has 0 atom stereocenters. The predicted molar refractivity (Wildman–Crippen MR) is 81.3 cm³/mol. The Morgan fingerprint density at radius 3 is 2.62 bits per heavy atom. The highest BCUT2D eigenvalue weighted by Crippen LogP contribution is 2.23. The number of para-hydroxylation sites is 3. The minimum Gasteiger partial charge on any atom is -0.323 e. The summed E-state index contributed by atoms with van der Waals surface area (Å²) in [6.45, 7) is 2.50. The minimum atomic E-state index is -0.333. The number of rotatable bonds is 4. The van der Waals surface area contributed by atoms with E-state index in [2.05, 4.69) is 9.55 Å². The third-order valence-electron chi connectivity index (χ3n) is 3.57. The monoisotopic (exact) mass is 281 g/mol. The molecule has 0 aliphatic rings. The van der Waals surface area contributed by atoms with Gasteiger partial charge in [-0.3, -0.25) is 10.1 Å². The average molecular weight is 281 g/mol. The lowest BCUT2D eigenvalue weighted by atomic mass is 10.1. The number of aromatic nitrogens is 2. The molecule has 3 aromatic rings. The lowest BCUT2D eigenvalue weighted by Crippen LogP contribution is -2.06. The molecule has 2 aromatic carbocycles. The number of nitro benzene ring substituents is 1. The van der Waals surface area contributed by atoms with Crippen LogP contribution in [0, 0.1) is 10.1 Å². The molecule has 0 saturated carbocycles. The summed E-state index contributed by atoms with van der Waals surface area (Å²) in [5.41, 5.74) is 2.78. The molecule has 106 valence electrons. The summed E-state index contributed by atoms with van der Waals surface area (Å²) in [6.07, 6.45) is 0.787. The van der Waals surface area contributed by atoms with Gasteiger partial charge in [-0.25, -0.2) is 4.98 Å². The van der Waals surface area contributed by atoms with Crippen LogP contribution in [0.25, 0.3) is 11.0 Å². The summed E-state index contributed by atoms with van der Waals surface area (Å²) in [4.78, 5) is 15.4. The molecular formula is C16H15N3O2. The van der Waals surface area contributed by atoms with Gasteiger partial charge in [-0.15, -0.1) is 0 Å². The van der Waals surface area contributed by atoms with Crippen molar-refractivity contribution in [2.24, 2.45) is 0 Å². The van der Waals surface area contributed by atoms with Gasteiger partial charge < -0.3 is 4.57 Å². The highest BCUT2D eigenvalue weighted by molar-refractivity contribution is 5.76. The zero-order valence-electron chi connectivity index (χ0n) is 11.7. The van der Waals surface area contributed by atoms with Crippen molar-refractivity contribution in [2.75, 3.05) is 0 Å². The van der Waals surface area contributed by atoms with Gasteiger partial charge in [0.1, 0.15) is 5.82 Å². The van der Waals surface area contributed by atoms with E-state index in [-0.39, 0.29) is 10.6 Å². The van der Waals surface area contributed by atoms with Crippen LogP contribution in [0.5, 0.6) is 0 Å². The van der Waals surface area contributed by atoms with Crippen LogP contribution in [0.4, 0.5) is 5.69 Å². The van der Waals surface area contributed by atoms with Crippen molar-refractivity contribution in [3.63, 3.8) is 0 Å². The Labute approximate surface area is 122 Å². The molecule has 21 heavy (non-hydrogen) atoms. The summed E-state index contributed by atoms with van der Waals surface area (Å²) in [5, 5.41) is 11.1. The number of aryl methyl sites for hydroxylation is 1. The zero-order chi connectivity index (χ0) is 14.8. The molecule has 0 bridgehead atoms. The van der Waals surface area contributed by atoms with E-state index in [0.29, 0.717) is 12.1 Å². The quantitative estimate of drug-likeness (QED) is 0.542. The van der Waals surface area contributed by atoms with Gasteiger partial charge in [0.2, 0.25) is 0 Å². The predicted octanol–water partition coefficient (Wildman–Crippen LogP) is 3.56. The van der Waals surface area contributed by atoms with Crippen LogP contribution in [0.3, 0.4) is 0 Å². The molecule has 0 amide bonds. The standard InChI is InChI=1S/C16H15N3O2/c1-2-16-17-13-8-4-6-10-15(13)18(16)11-12-7-3-5-9-14(12)19(20)21/h3-10H,2,11H2,1H3. The first-order valence-electron chi connectivity index (χ1n) is 6.87. The maximum Gasteiger partial charge on any atom is 0.274 e. The van der Waals surface area contributed by atoms with Crippen LogP contribution in [0.15, 0.2) is 48.5 Å². The Kier molecular flexibility index (Phi) is 3.39. The smallest absolute Gasteiger partial charge is 0.274 e. The van der Waals surface area contributed by atoms with E-state index in [0.717, 1.165) is 23.3 Å². The van der Waals surface area contributed by atoms with E-state index in [1.165, 1.54) is 0 Å². The Bertz CT molecular complexity index is 808. The van der Waals surface area contributed by atoms with E-state index in [1.54, 1.807) is 18.2 Å². The first-order chi connectivity index (χ1) is 10.2. The van der Waals surface area contributed by atoms with Gasteiger partial charge in [-0.2, -0.15) is 0 Å². The first kappa shape index (κ1) is 13.3. The SMILES string of the molecule is CCc1nc2ccccc2n1Cc1ccccc1[N+](=O)[O-]. The van der Waals surface area contributed by atoms with Gasteiger partial charge in [0.15, 0.2) is 0 Å². The molecule has 1 heterocycles. The molecule has 0 fully saturated rings. The fourth-order valence-electron chi connectivity index (χ4n) is 2.56. The summed E-state index contributed by atoms with van der Waals surface area (Å²) in [6, 6.07) is 14.7. The molecule has 3 rings (SSSR count). The number of fused-ring (bicyclic) bond motifs is 1. The molecule has 0 aliphatic carbocycles. The van der Waals surface area contributed by atoms with Crippen LogP contribution < -0.4 is 0 Å². The van der Waals surface area contributed by atoms with Crippen LogP contribution in [-0.4, -0.2) is 14.5 Å². The number of hydrogen-bond acceptors (Lipinski definition) is 3. The molecule has 0 saturated heterocycles. The minimum absolute atomic E-state index is 0.150. The van der Waals surface area contributed by atoms with Crippen molar-refractivity contribution in [2.45, 2.75) is 19.9 Å². The molecule has 0 N–H and O–H groups in total. The van der Waals surface area contributed by atoms with Gasteiger partial charge in [-0.1, -0.05) is 37.3 Å². The second kappa shape index (κ2) is 5.36. The van der Waals surface area contributed by atoms with Gasteiger partial charge in [0.05, 0.1) is 22.5 Å². The van der Waals surface area contributed by atoms with Gasteiger partial charge in [0.25, 0.3) is 5.69 Å². The number of hydrogen-bond donors (Lipinski definition) is 0. The second-order valence-electron chi connectivity index (χ2n) is 4.84. The fourth-order valence-corrected chi connectivity index (χ4v) is 2.56. The highest BCUT2D eigenvalue weighted by atomic mass is 16.6. The Morgan fingerprint density at radius 1 is 1.14 bits per heavy atom. The van der Waals surface area contributed by atoms with Gasteiger partial charge in [0, 0.05) is 18.1 Å². The molecule has 5 heteroatoms. The van der Waals surface area contributed by atoms with E-state index in [9.17, 15) is 10.1 Å². The van der Waals surface area contributed by atoms with Crippen LogP contribution in [0.1, 0.15) is 18.3 Å². The van der Waals surface area contributed by atoms with E-state index in [4.69, 9.17) is 0 Å². The fraction of sp³-hybridized carbons (Fsp3) is 0.188.